The van der Waals surface area contributed by atoms with Crippen LogP contribution in [0, 0.1) is 0 Å². The number of para-hydroxylation sites is 1. The van der Waals surface area contributed by atoms with Gasteiger partial charge in [0.05, 0.1) is 18.0 Å². The van der Waals surface area contributed by atoms with Crippen LogP contribution < -0.4 is 25.3 Å². The number of anilines is 3. The van der Waals surface area contributed by atoms with Crippen molar-refractivity contribution in [3.05, 3.63) is 36.4 Å². The van der Waals surface area contributed by atoms with Gasteiger partial charge in [-0.3, -0.25) is 0 Å². The predicted molar refractivity (Wildman–Crippen MR) is 82.5 cm³/mol. The Kier molecular flexibility index (Phi) is 3.73. The molecule has 2 aromatic rings. The molecule has 0 unspecified atom stereocenters. The first-order valence-corrected chi connectivity index (χ1v) is 6.96. The summed E-state index contributed by atoms with van der Waals surface area (Å²) in [7, 11) is 0. The second kappa shape index (κ2) is 5.83. The van der Waals surface area contributed by atoms with Crippen molar-refractivity contribution < 1.29 is 14.2 Å². The van der Waals surface area contributed by atoms with E-state index in [0.717, 1.165) is 29.3 Å². The molecule has 0 atom stereocenters. The fourth-order valence-electron chi connectivity index (χ4n) is 2.12. The number of rotatable bonds is 5. The fraction of sp³-hybridized carbons (Fsp3) is 0.250. The number of benzene rings is 2. The van der Waals surface area contributed by atoms with E-state index in [0.29, 0.717) is 18.0 Å². The average Bonchev–Trinajstić information content (AvgIpc) is 2.96. The van der Waals surface area contributed by atoms with Gasteiger partial charge >= 0.3 is 0 Å². The highest BCUT2D eigenvalue weighted by Crippen LogP contribution is 2.37. The Bertz CT molecular complexity index is 643. The third kappa shape index (κ3) is 2.81. The minimum Gasteiger partial charge on any atom is -0.491 e. The number of nitrogen functional groups attached to an aromatic ring is 1. The van der Waals surface area contributed by atoms with Gasteiger partial charge in [-0.15, -0.1) is 0 Å². The molecule has 0 amide bonds. The molecule has 5 heteroatoms. The van der Waals surface area contributed by atoms with Crippen molar-refractivity contribution in [1.29, 1.82) is 0 Å². The summed E-state index contributed by atoms with van der Waals surface area (Å²) in [6.07, 6.45) is 0.944. The second-order valence-corrected chi connectivity index (χ2v) is 4.76. The third-order valence-corrected chi connectivity index (χ3v) is 3.18. The molecule has 1 aliphatic rings. The maximum absolute atomic E-state index is 6.14. The highest BCUT2D eigenvalue weighted by Gasteiger charge is 2.14. The van der Waals surface area contributed by atoms with Crippen LogP contribution in [0.3, 0.4) is 0 Å². The maximum Gasteiger partial charge on any atom is 0.231 e. The molecule has 1 aliphatic heterocycles. The summed E-state index contributed by atoms with van der Waals surface area (Å²) in [5.41, 5.74) is 8.44. The molecule has 1 heterocycles. The minimum absolute atomic E-state index is 0.265. The van der Waals surface area contributed by atoms with E-state index in [4.69, 9.17) is 19.9 Å². The van der Waals surface area contributed by atoms with Gasteiger partial charge in [-0.05, 0) is 30.7 Å². The van der Waals surface area contributed by atoms with Crippen LogP contribution in [0.1, 0.15) is 13.3 Å². The van der Waals surface area contributed by atoms with Gasteiger partial charge in [0.25, 0.3) is 0 Å². The Morgan fingerprint density at radius 1 is 1.19 bits per heavy atom. The largest absolute Gasteiger partial charge is 0.491 e. The summed E-state index contributed by atoms with van der Waals surface area (Å²) in [6, 6.07) is 11.4. The number of ether oxygens (including phenoxy) is 3. The summed E-state index contributed by atoms with van der Waals surface area (Å²) in [5.74, 6) is 2.19. The lowest BCUT2D eigenvalue weighted by Crippen LogP contribution is -2.02. The molecule has 2 aromatic carbocycles. The summed E-state index contributed by atoms with van der Waals surface area (Å²) in [6.45, 7) is 2.98. The molecule has 21 heavy (non-hydrogen) atoms. The zero-order valence-corrected chi connectivity index (χ0v) is 11.9. The van der Waals surface area contributed by atoms with Crippen LogP contribution in [-0.2, 0) is 0 Å². The van der Waals surface area contributed by atoms with Crippen molar-refractivity contribution in [3.8, 4) is 17.2 Å². The van der Waals surface area contributed by atoms with Gasteiger partial charge in [0, 0.05) is 11.8 Å². The number of fused-ring (bicyclic) bond motifs is 1. The monoisotopic (exact) mass is 286 g/mol. The lowest BCUT2D eigenvalue weighted by Gasteiger charge is -2.13. The van der Waals surface area contributed by atoms with Gasteiger partial charge in [-0.1, -0.05) is 13.0 Å². The number of nitrogens with one attached hydrogen (secondary N) is 1. The van der Waals surface area contributed by atoms with Gasteiger partial charge in [0.1, 0.15) is 5.75 Å². The van der Waals surface area contributed by atoms with Gasteiger partial charge in [-0.25, -0.2) is 0 Å². The SMILES string of the molecule is CCCOc1cccc(Nc2ccc3c(c2)OCO3)c1N. The predicted octanol–water partition coefficient (Wildman–Crippen LogP) is 3.53. The van der Waals surface area contributed by atoms with E-state index in [1.54, 1.807) is 0 Å². The van der Waals surface area contributed by atoms with E-state index >= 15 is 0 Å². The van der Waals surface area contributed by atoms with Gasteiger partial charge in [0.15, 0.2) is 11.5 Å². The lowest BCUT2D eigenvalue weighted by molar-refractivity contribution is 0.174. The Morgan fingerprint density at radius 3 is 2.90 bits per heavy atom. The van der Waals surface area contributed by atoms with Crippen molar-refractivity contribution in [2.75, 3.05) is 24.5 Å². The molecule has 0 aromatic heterocycles. The normalized spacial score (nSPS) is 12.2. The molecule has 0 fully saturated rings. The summed E-state index contributed by atoms with van der Waals surface area (Å²) < 4.78 is 16.3. The molecular formula is C16H18N2O3. The van der Waals surface area contributed by atoms with Gasteiger partial charge in [-0.2, -0.15) is 0 Å². The van der Waals surface area contributed by atoms with E-state index in [1.807, 2.05) is 36.4 Å². The topological polar surface area (TPSA) is 65.7 Å². The number of hydrogen-bond donors (Lipinski definition) is 2. The molecule has 0 spiro atoms. The van der Waals surface area contributed by atoms with Crippen molar-refractivity contribution in [1.82, 2.24) is 0 Å². The van der Waals surface area contributed by atoms with Gasteiger partial charge < -0.3 is 25.3 Å². The van der Waals surface area contributed by atoms with E-state index < -0.39 is 0 Å². The molecule has 0 radical (unpaired) electrons. The Morgan fingerprint density at radius 2 is 2.05 bits per heavy atom. The molecule has 0 saturated heterocycles. The zero-order chi connectivity index (χ0) is 14.7. The van der Waals surface area contributed by atoms with Crippen LogP contribution in [0.4, 0.5) is 17.1 Å². The minimum atomic E-state index is 0.265. The van der Waals surface area contributed by atoms with Crippen molar-refractivity contribution in [2.24, 2.45) is 0 Å². The van der Waals surface area contributed by atoms with Crippen molar-refractivity contribution >= 4 is 17.1 Å². The molecule has 0 bridgehead atoms. The van der Waals surface area contributed by atoms with E-state index in [2.05, 4.69) is 12.2 Å². The average molecular weight is 286 g/mol. The van der Waals surface area contributed by atoms with Crippen LogP contribution in [-0.4, -0.2) is 13.4 Å². The molecule has 0 aliphatic carbocycles. The van der Waals surface area contributed by atoms with Crippen molar-refractivity contribution in [2.45, 2.75) is 13.3 Å². The van der Waals surface area contributed by atoms with E-state index in [9.17, 15) is 0 Å². The smallest absolute Gasteiger partial charge is 0.231 e. The highest BCUT2D eigenvalue weighted by atomic mass is 16.7. The van der Waals surface area contributed by atoms with Crippen molar-refractivity contribution in [3.63, 3.8) is 0 Å². The maximum atomic E-state index is 6.14. The van der Waals surface area contributed by atoms with E-state index in [-0.39, 0.29) is 6.79 Å². The van der Waals surface area contributed by atoms with Crippen LogP contribution in [0.5, 0.6) is 17.2 Å². The zero-order valence-electron chi connectivity index (χ0n) is 11.9. The summed E-state index contributed by atoms with van der Waals surface area (Å²) in [5, 5.41) is 3.28. The standard InChI is InChI=1S/C16H18N2O3/c1-2-8-19-14-5-3-4-12(16(14)17)18-11-6-7-13-15(9-11)21-10-20-13/h3-7,9,18H,2,8,10,17H2,1H3. The Balaban J connectivity index is 1.81. The molecule has 3 rings (SSSR count). The lowest BCUT2D eigenvalue weighted by atomic mass is 10.2. The molecule has 0 saturated carbocycles. The third-order valence-electron chi connectivity index (χ3n) is 3.18. The Labute approximate surface area is 123 Å². The first kappa shape index (κ1) is 13.4. The second-order valence-electron chi connectivity index (χ2n) is 4.76. The molecular weight excluding hydrogens is 268 g/mol. The summed E-state index contributed by atoms with van der Waals surface area (Å²) >= 11 is 0. The molecule has 3 N–H and O–H groups in total. The number of nitrogens with two attached hydrogens (primary N) is 1. The van der Waals surface area contributed by atoms with Crippen LogP contribution in [0.2, 0.25) is 0 Å². The number of hydrogen-bond acceptors (Lipinski definition) is 5. The van der Waals surface area contributed by atoms with Crippen LogP contribution in [0.15, 0.2) is 36.4 Å². The van der Waals surface area contributed by atoms with Crippen LogP contribution >= 0.6 is 0 Å². The van der Waals surface area contributed by atoms with E-state index in [1.165, 1.54) is 0 Å². The molecule has 5 nitrogen and oxygen atoms in total. The summed E-state index contributed by atoms with van der Waals surface area (Å²) in [4.78, 5) is 0. The van der Waals surface area contributed by atoms with Crippen LogP contribution in [0.25, 0.3) is 0 Å². The Hall–Kier alpha value is -2.56. The first-order valence-electron chi connectivity index (χ1n) is 6.96. The molecule has 110 valence electrons. The quantitative estimate of drug-likeness (QED) is 0.823. The highest BCUT2D eigenvalue weighted by molar-refractivity contribution is 5.78. The fourth-order valence-corrected chi connectivity index (χ4v) is 2.12. The van der Waals surface area contributed by atoms with Gasteiger partial charge in [0.2, 0.25) is 6.79 Å². The first-order chi connectivity index (χ1) is 10.3.